The number of likely N-dealkylation sites (tertiary alicyclic amines) is 1. The van der Waals surface area contributed by atoms with Crippen molar-refractivity contribution in [1.29, 1.82) is 0 Å². The zero-order valence-electron chi connectivity index (χ0n) is 9.03. The fourth-order valence-corrected chi connectivity index (χ4v) is 1.79. The third-order valence-electron chi connectivity index (χ3n) is 2.53. The maximum absolute atomic E-state index is 11.8. The van der Waals surface area contributed by atoms with Gasteiger partial charge in [-0.25, -0.2) is 0 Å². The van der Waals surface area contributed by atoms with Gasteiger partial charge in [0.05, 0.1) is 0 Å². The molecule has 1 unspecified atom stereocenters. The van der Waals surface area contributed by atoms with Crippen molar-refractivity contribution < 1.29 is 9.53 Å². The predicted octanol–water partition coefficient (Wildman–Crippen LogP) is 0.361. The SMILES string of the molecule is CCOC(C)C(=O)N1CCC[C@@H](N)C1. The van der Waals surface area contributed by atoms with Gasteiger partial charge in [0.25, 0.3) is 5.91 Å². The van der Waals surface area contributed by atoms with Gasteiger partial charge in [0.15, 0.2) is 0 Å². The number of carbonyl (C=O) groups is 1. The second-order valence-corrected chi connectivity index (χ2v) is 3.78. The summed E-state index contributed by atoms with van der Waals surface area (Å²) in [5.41, 5.74) is 5.80. The summed E-state index contributed by atoms with van der Waals surface area (Å²) in [6.45, 7) is 5.77. The van der Waals surface area contributed by atoms with E-state index in [1.165, 1.54) is 0 Å². The second-order valence-electron chi connectivity index (χ2n) is 3.78. The number of nitrogens with two attached hydrogens (primary N) is 1. The summed E-state index contributed by atoms with van der Waals surface area (Å²) in [5.74, 6) is 0.0713. The van der Waals surface area contributed by atoms with Crippen molar-refractivity contribution in [2.24, 2.45) is 5.73 Å². The Hall–Kier alpha value is -0.610. The molecule has 1 heterocycles. The normalized spacial score (nSPS) is 24.8. The molecule has 1 saturated heterocycles. The molecule has 0 aromatic rings. The van der Waals surface area contributed by atoms with E-state index in [9.17, 15) is 4.79 Å². The summed E-state index contributed by atoms with van der Waals surface area (Å²) in [7, 11) is 0. The van der Waals surface area contributed by atoms with Crippen LogP contribution >= 0.6 is 0 Å². The summed E-state index contributed by atoms with van der Waals surface area (Å²) in [5, 5.41) is 0. The van der Waals surface area contributed by atoms with Crippen LogP contribution in [0.5, 0.6) is 0 Å². The molecule has 0 radical (unpaired) electrons. The number of amides is 1. The Kier molecular flexibility index (Phi) is 4.35. The largest absolute Gasteiger partial charge is 0.369 e. The van der Waals surface area contributed by atoms with Crippen LogP contribution in [-0.4, -0.2) is 42.6 Å². The molecule has 1 fully saturated rings. The molecule has 2 atom stereocenters. The summed E-state index contributed by atoms with van der Waals surface area (Å²) in [4.78, 5) is 13.6. The van der Waals surface area contributed by atoms with Gasteiger partial charge in [0, 0.05) is 25.7 Å². The minimum absolute atomic E-state index is 0.0713. The molecule has 1 aliphatic rings. The Morgan fingerprint density at radius 3 is 3.00 bits per heavy atom. The quantitative estimate of drug-likeness (QED) is 0.715. The van der Waals surface area contributed by atoms with Crippen LogP contribution in [-0.2, 0) is 9.53 Å². The van der Waals surface area contributed by atoms with Crippen LogP contribution in [0.15, 0.2) is 0 Å². The molecule has 0 aromatic heterocycles. The number of nitrogens with zero attached hydrogens (tertiary/aromatic N) is 1. The van der Waals surface area contributed by atoms with Crippen LogP contribution in [0, 0.1) is 0 Å². The Morgan fingerprint density at radius 2 is 2.43 bits per heavy atom. The third kappa shape index (κ3) is 2.96. The highest BCUT2D eigenvalue weighted by molar-refractivity contribution is 5.80. The van der Waals surface area contributed by atoms with Crippen molar-refractivity contribution in [3.05, 3.63) is 0 Å². The molecule has 0 aliphatic carbocycles. The van der Waals surface area contributed by atoms with E-state index in [2.05, 4.69) is 0 Å². The van der Waals surface area contributed by atoms with E-state index < -0.39 is 0 Å². The van der Waals surface area contributed by atoms with E-state index in [0.29, 0.717) is 13.2 Å². The van der Waals surface area contributed by atoms with E-state index in [1.807, 2.05) is 11.8 Å². The van der Waals surface area contributed by atoms with Gasteiger partial charge < -0.3 is 15.4 Å². The molecule has 1 rings (SSSR count). The summed E-state index contributed by atoms with van der Waals surface area (Å²) in [6, 6.07) is 0.140. The number of hydrogen-bond donors (Lipinski definition) is 1. The first-order valence-corrected chi connectivity index (χ1v) is 5.31. The Bertz CT molecular complexity index is 197. The maximum atomic E-state index is 11.8. The molecule has 0 saturated carbocycles. The van der Waals surface area contributed by atoms with Crippen molar-refractivity contribution in [2.45, 2.75) is 38.8 Å². The minimum Gasteiger partial charge on any atom is -0.369 e. The van der Waals surface area contributed by atoms with Crippen LogP contribution in [0.2, 0.25) is 0 Å². The summed E-state index contributed by atoms with van der Waals surface area (Å²) < 4.78 is 5.26. The lowest BCUT2D eigenvalue weighted by molar-refractivity contribution is -0.143. The fraction of sp³-hybridized carbons (Fsp3) is 0.900. The van der Waals surface area contributed by atoms with E-state index in [0.717, 1.165) is 19.4 Å². The van der Waals surface area contributed by atoms with Gasteiger partial charge in [-0.1, -0.05) is 0 Å². The van der Waals surface area contributed by atoms with Crippen LogP contribution < -0.4 is 5.73 Å². The molecule has 14 heavy (non-hydrogen) atoms. The lowest BCUT2D eigenvalue weighted by Gasteiger charge is -2.32. The van der Waals surface area contributed by atoms with Crippen molar-refractivity contribution in [3.8, 4) is 0 Å². The van der Waals surface area contributed by atoms with Crippen molar-refractivity contribution >= 4 is 5.91 Å². The van der Waals surface area contributed by atoms with Gasteiger partial charge in [-0.15, -0.1) is 0 Å². The minimum atomic E-state index is -0.328. The number of piperidine rings is 1. The Balaban J connectivity index is 2.42. The molecular formula is C10H20N2O2. The molecule has 2 N–H and O–H groups in total. The van der Waals surface area contributed by atoms with Crippen molar-refractivity contribution in [1.82, 2.24) is 4.90 Å². The fourth-order valence-electron chi connectivity index (χ4n) is 1.79. The van der Waals surface area contributed by atoms with Crippen LogP contribution in [0.3, 0.4) is 0 Å². The molecule has 0 aromatic carbocycles. The van der Waals surface area contributed by atoms with E-state index in [4.69, 9.17) is 10.5 Å². The Morgan fingerprint density at radius 1 is 1.71 bits per heavy atom. The van der Waals surface area contributed by atoms with Crippen molar-refractivity contribution in [3.63, 3.8) is 0 Å². The number of ether oxygens (including phenoxy) is 1. The molecule has 0 spiro atoms. The standard InChI is InChI=1S/C10H20N2O2/c1-3-14-8(2)10(13)12-6-4-5-9(11)7-12/h8-9H,3-7,11H2,1-2H3/t8?,9-/m1/s1. The topological polar surface area (TPSA) is 55.6 Å². The molecular weight excluding hydrogens is 180 g/mol. The first-order chi connectivity index (χ1) is 6.65. The predicted molar refractivity (Wildman–Crippen MR) is 54.9 cm³/mol. The second kappa shape index (κ2) is 5.32. The van der Waals surface area contributed by atoms with Gasteiger partial charge in [-0.3, -0.25) is 4.79 Å². The highest BCUT2D eigenvalue weighted by Gasteiger charge is 2.25. The Labute approximate surface area is 85.4 Å². The smallest absolute Gasteiger partial charge is 0.251 e. The first kappa shape index (κ1) is 11.5. The average molecular weight is 200 g/mol. The average Bonchev–Trinajstić information content (AvgIpc) is 2.17. The van der Waals surface area contributed by atoms with Crippen LogP contribution in [0.1, 0.15) is 26.7 Å². The molecule has 82 valence electrons. The molecule has 1 aliphatic heterocycles. The zero-order valence-corrected chi connectivity index (χ0v) is 9.03. The van der Waals surface area contributed by atoms with Gasteiger partial charge in [-0.05, 0) is 26.7 Å². The molecule has 1 amide bonds. The van der Waals surface area contributed by atoms with Gasteiger partial charge >= 0.3 is 0 Å². The van der Waals surface area contributed by atoms with E-state index in [1.54, 1.807) is 6.92 Å². The highest BCUT2D eigenvalue weighted by Crippen LogP contribution is 2.10. The lowest BCUT2D eigenvalue weighted by Crippen LogP contribution is -2.49. The first-order valence-electron chi connectivity index (χ1n) is 5.31. The van der Waals surface area contributed by atoms with Gasteiger partial charge in [0.2, 0.25) is 0 Å². The summed E-state index contributed by atoms with van der Waals surface area (Å²) in [6.07, 6.45) is 1.70. The van der Waals surface area contributed by atoms with Gasteiger partial charge in [0.1, 0.15) is 6.10 Å². The zero-order chi connectivity index (χ0) is 10.6. The van der Waals surface area contributed by atoms with Crippen LogP contribution in [0.25, 0.3) is 0 Å². The van der Waals surface area contributed by atoms with E-state index in [-0.39, 0.29) is 18.1 Å². The number of carbonyl (C=O) groups excluding carboxylic acids is 1. The van der Waals surface area contributed by atoms with Crippen LogP contribution in [0.4, 0.5) is 0 Å². The third-order valence-corrected chi connectivity index (χ3v) is 2.53. The number of rotatable bonds is 3. The number of hydrogen-bond acceptors (Lipinski definition) is 3. The van der Waals surface area contributed by atoms with Gasteiger partial charge in [-0.2, -0.15) is 0 Å². The molecule has 0 bridgehead atoms. The lowest BCUT2D eigenvalue weighted by atomic mass is 10.1. The molecule has 4 nitrogen and oxygen atoms in total. The monoisotopic (exact) mass is 200 g/mol. The van der Waals surface area contributed by atoms with Crippen molar-refractivity contribution in [2.75, 3.05) is 19.7 Å². The maximum Gasteiger partial charge on any atom is 0.251 e. The van der Waals surface area contributed by atoms with E-state index >= 15 is 0 Å². The molecule has 4 heteroatoms. The highest BCUT2D eigenvalue weighted by atomic mass is 16.5. The summed E-state index contributed by atoms with van der Waals surface area (Å²) >= 11 is 0.